The van der Waals surface area contributed by atoms with Crippen molar-refractivity contribution in [3.63, 3.8) is 0 Å². The highest BCUT2D eigenvalue weighted by molar-refractivity contribution is 5.89. The Labute approximate surface area is 131 Å². The highest BCUT2D eigenvalue weighted by Gasteiger charge is 2.30. The summed E-state index contributed by atoms with van der Waals surface area (Å²) in [4.78, 5) is 35.0. The van der Waals surface area contributed by atoms with Gasteiger partial charge in [-0.05, 0) is 18.3 Å². The molecule has 0 rings (SSSR count). The standard InChI is InChI=1S/C15H28N2O5/c1-6-7-8-22-15(21)17-11(9(2)3)13(18)16-12(10(4)5)14(19)20/h9-12H,6-8H2,1-5H3,(H,16,18)(H,17,21)(H,19,20)/t11-,12-/m0/s1. The Hall–Kier alpha value is -1.79. The number of carboxylic acid groups (broad SMARTS) is 1. The molecule has 0 bridgehead atoms. The quantitative estimate of drug-likeness (QED) is 0.562. The molecule has 0 aliphatic carbocycles. The molecule has 7 nitrogen and oxygen atoms in total. The second-order valence-corrected chi connectivity index (χ2v) is 5.92. The van der Waals surface area contributed by atoms with Gasteiger partial charge in [-0.2, -0.15) is 0 Å². The van der Waals surface area contributed by atoms with Crippen LogP contribution in [0.3, 0.4) is 0 Å². The molecule has 0 aromatic rings. The van der Waals surface area contributed by atoms with Gasteiger partial charge >= 0.3 is 12.1 Å². The maximum Gasteiger partial charge on any atom is 0.407 e. The van der Waals surface area contributed by atoms with Gasteiger partial charge < -0.3 is 20.5 Å². The largest absolute Gasteiger partial charge is 0.480 e. The average molecular weight is 316 g/mol. The molecule has 0 aromatic carbocycles. The van der Waals surface area contributed by atoms with E-state index in [1.54, 1.807) is 27.7 Å². The van der Waals surface area contributed by atoms with Crippen LogP contribution < -0.4 is 10.6 Å². The summed E-state index contributed by atoms with van der Waals surface area (Å²) >= 11 is 0. The number of carboxylic acids is 1. The van der Waals surface area contributed by atoms with Gasteiger partial charge in [0.05, 0.1) is 6.61 Å². The third-order valence-corrected chi connectivity index (χ3v) is 3.18. The van der Waals surface area contributed by atoms with E-state index in [1.165, 1.54) is 0 Å². The molecule has 0 aliphatic rings. The van der Waals surface area contributed by atoms with Gasteiger partial charge in [0, 0.05) is 0 Å². The van der Waals surface area contributed by atoms with Gasteiger partial charge in [-0.3, -0.25) is 4.79 Å². The highest BCUT2D eigenvalue weighted by atomic mass is 16.5. The van der Waals surface area contributed by atoms with Crippen molar-refractivity contribution in [2.75, 3.05) is 6.61 Å². The van der Waals surface area contributed by atoms with Crippen LogP contribution in [0.4, 0.5) is 4.79 Å². The van der Waals surface area contributed by atoms with E-state index in [0.717, 1.165) is 12.8 Å². The number of amides is 2. The minimum absolute atomic E-state index is 0.194. The Morgan fingerprint density at radius 2 is 1.55 bits per heavy atom. The zero-order valence-electron chi connectivity index (χ0n) is 14.0. The first-order valence-corrected chi connectivity index (χ1v) is 7.67. The number of carbonyl (C=O) groups is 3. The molecule has 2 atom stereocenters. The summed E-state index contributed by atoms with van der Waals surface area (Å²) in [6.45, 7) is 9.21. The molecule has 22 heavy (non-hydrogen) atoms. The summed E-state index contributed by atoms with van der Waals surface area (Å²) in [5.74, 6) is -2.08. The summed E-state index contributed by atoms with van der Waals surface area (Å²) in [6, 6.07) is -1.83. The molecule has 128 valence electrons. The minimum atomic E-state index is -1.10. The lowest BCUT2D eigenvalue weighted by Gasteiger charge is -2.25. The zero-order chi connectivity index (χ0) is 17.3. The van der Waals surface area contributed by atoms with Crippen LogP contribution in [-0.2, 0) is 14.3 Å². The van der Waals surface area contributed by atoms with E-state index < -0.39 is 30.1 Å². The number of alkyl carbamates (subject to hydrolysis) is 1. The van der Waals surface area contributed by atoms with E-state index in [9.17, 15) is 14.4 Å². The van der Waals surface area contributed by atoms with Gasteiger partial charge in [0.2, 0.25) is 5.91 Å². The van der Waals surface area contributed by atoms with Crippen molar-refractivity contribution in [3.05, 3.63) is 0 Å². The van der Waals surface area contributed by atoms with Gasteiger partial charge in [-0.15, -0.1) is 0 Å². The maximum absolute atomic E-state index is 12.2. The van der Waals surface area contributed by atoms with Crippen molar-refractivity contribution in [2.45, 2.75) is 59.5 Å². The molecule has 0 fully saturated rings. The number of rotatable bonds is 9. The molecule has 2 amide bonds. The summed E-state index contributed by atoms with van der Waals surface area (Å²) in [7, 11) is 0. The number of carbonyl (C=O) groups excluding carboxylic acids is 2. The smallest absolute Gasteiger partial charge is 0.407 e. The van der Waals surface area contributed by atoms with Crippen LogP contribution in [0.1, 0.15) is 47.5 Å². The van der Waals surface area contributed by atoms with E-state index in [2.05, 4.69) is 10.6 Å². The normalized spacial score (nSPS) is 13.6. The molecule has 0 spiro atoms. The fourth-order valence-electron chi connectivity index (χ4n) is 1.77. The molecule has 0 saturated carbocycles. The Kier molecular flexibility index (Phi) is 9.21. The van der Waals surface area contributed by atoms with Crippen molar-refractivity contribution in [2.24, 2.45) is 11.8 Å². The summed E-state index contributed by atoms with van der Waals surface area (Å²) in [6.07, 6.45) is 0.981. The molecule has 7 heteroatoms. The maximum atomic E-state index is 12.2. The molecule has 0 heterocycles. The fourth-order valence-corrected chi connectivity index (χ4v) is 1.77. The Bertz CT molecular complexity index is 382. The Morgan fingerprint density at radius 1 is 1.00 bits per heavy atom. The minimum Gasteiger partial charge on any atom is -0.480 e. The Balaban J connectivity index is 4.70. The van der Waals surface area contributed by atoms with E-state index in [-0.39, 0.29) is 11.8 Å². The van der Waals surface area contributed by atoms with Crippen molar-refractivity contribution in [1.82, 2.24) is 10.6 Å². The zero-order valence-corrected chi connectivity index (χ0v) is 14.0. The summed E-state index contributed by atoms with van der Waals surface area (Å²) in [5, 5.41) is 14.1. The number of aliphatic carboxylic acids is 1. The molecule has 0 saturated heterocycles. The molecular weight excluding hydrogens is 288 g/mol. The third kappa shape index (κ3) is 7.28. The first kappa shape index (κ1) is 20.2. The Morgan fingerprint density at radius 3 is 1.95 bits per heavy atom. The number of hydrogen-bond acceptors (Lipinski definition) is 4. The van der Waals surface area contributed by atoms with E-state index in [4.69, 9.17) is 9.84 Å². The van der Waals surface area contributed by atoms with Crippen LogP contribution in [0, 0.1) is 11.8 Å². The van der Waals surface area contributed by atoms with Crippen molar-refractivity contribution < 1.29 is 24.2 Å². The molecule has 3 N–H and O–H groups in total. The van der Waals surface area contributed by atoms with Gasteiger partial charge in [0.25, 0.3) is 0 Å². The predicted octanol–water partition coefficient (Wildman–Crippen LogP) is 1.76. The molecule has 0 aromatic heterocycles. The SMILES string of the molecule is CCCCOC(=O)N[C@H](C(=O)N[C@H](C(=O)O)C(C)C)C(C)C. The third-order valence-electron chi connectivity index (χ3n) is 3.18. The first-order valence-electron chi connectivity index (χ1n) is 7.67. The summed E-state index contributed by atoms with van der Waals surface area (Å²) < 4.78 is 4.97. The predicted molar refractivity (Wildman–Crippen MR) is 82.4 cm³/mol. The average Bonchev–Trinajstić information content (AvgIpc) is 2.41. The highest BCUT2D eigenvalue weighted by Crippen LogP contribution is 2.07. The molecular formula is C15H28N2O5. The van der Waals surface area contributed by atoms with Gasteiger partial charge in [0.1, 0.15) is 12.1 Å². The van der Waals surface area contributed by atoms with Crippen LogP contribution in [0.5, 0.6) is 0 Å². The van der Waals surface area contributed by atoms with E-state index >= 15 is 0 Å². The van der Waals surface area contributed by atoms with Crippen molar-refractivity contribution in [3.8, 4) is 0 Å². The van der Waals surface area contributed by atoms with Crippen LogP contribution in [0.2, 0.25) is 0 Å². The van der Waals surface area contributed by atoms with Crippen LogP contribution in [0.25, 0.3) is 0 Å². The van der Waals surface area contributed by atoms with Gasteiger partial charge in [-0.1, -0.05) is 41.0 Å². The monoisotopic (exact) mass is 316 g/mol. The lowest BCUT2D eigenvalue weighted by molar-refractivity contribution is -0.143. The van der Waals surface area contributed by atoms with E-state index in [1.807, 2.05) is 6.92 Å². The first-order chi connectivity index (χ1) is 10.2. The van der Waals surface area contributed by atoms with Crippen LogP contribution in [0.15, 0.2) is 0 Å². The number of unbranched alkanes of at least 4 members (excludes halogenated alkanes) is 1. The lowest BCUT2D eigenvalue weighted by atomic mass is 10.0. The number of nitrogens with one attached hydrogen (secondary N) is 2. The van der Waals surface area contributed by atoms with Crippen LogP contribution >= 0.6 is 0 Å². The molecule has 0 aliphatic heterocycles. The summed E-state index contributed by atoms with van der Waals surface area (Å²) in [5.41, 5.74) is 0. The fraction of sp³-hybridized carbons (Fsp3) is 0.800. The second kappa shape index (κ2) is 10.0. The molecule has 0 unspecified atom stereocenters. The lowest BCUT2D eigenvalue weighted by Crippen LogP contribution is -2.55. The second-order valence-electron chi connectivity index (χ2n) is 5.92. The topological polar surface area (TPSA) is 105 Å². The number of hydrogen-bond donors (Lipinski definition) is 3. The molecule has 0 radical (unpaired) electrons. The van der Waals surface area contributed by atoms with E-state index in [0.29, 0.717) is 6.61 Å². The van der Waals surface area contributed by atoms with Gasteiger partial charge in [0.15, 0.2) is 0 Å². The van der Waals surface area contributed by atoms with Crippen LogP contribution in [-0.4, -0.2) is 41.8 Å². The van der Waals surface area contributed by atoms with Crippen molar-refractivity contribution in [1.29, 1.82) is 0 Å². The van der Waals surface area contributed by atoms with Crippen molar-refractivity contribution >= 4 is 18.0 Å². The number of ether oxygens (including phenoxy) is 1. The van der Waals surface area contributed by atoms with Gasteiger partial charge in [-0.25, -0.2) is 9.59 Å².